The molecular weight excluding hydrogens is 148 g/mol. The first-order valence-electron chi connectivity index (χ1n) is 4.62. The summed E-state index contributed by atoms with van der Waals surface area (Å²) in [6, 6.07) is 9.39. The van der Waals surface area contributed by atoms with Gasteiger partial charge in [-0.05, 0) is 24.5 Å². The lowest BCUT2D eigenvalue weighted by molar-refractivity contribution is 0.110. The lowest BCUT2D eigenvalue weighted by Gasteiger charge is -2.27. The second-order valence-electron chi connectivity index (χ2n) is 4.12. The molecule has 1 aromatic rings. The minimum Gasteiger partial charge on any atom is -0.489 e. The summed E-state index contributed by atoms with van der Waals surface area (Å²) in [4.78, 5) is 0. The van der Waals surface area contributed by atoms with Gasteiger partial charge in [0.1, 0.15) is 11.9 Å². The first kappa shape index (κ1) is 5.63. The van der Waals surface area contributed by atoms with Crippen molar-refractivity contribution in [3.63, 3.8) is 0 Å². The van der Waals surface area contributed by atoms with Crippen LogP contribution in [0.2, 0.25) is 0 Å². The van der Waals surface area contributed by atoms with Crippen molar-refractivity contribution in [1.29, 1.82) is 0 Å². The normalized spacial score (nSPS) is 45.0. The van der Waals surface area contributed by atoms with E-state index < -0.39 is 0 Å². The molecule has 59 valence electrons. The van der Waals surface area contributed by atoms with Crippen LogP contribution < -0.4 is 4.74 Å². The van der Waals surface area contributed by atoms with E-state index >= 15 is 0 Å². The summed E-state index contributed by atoms with van der Waals surface area (Å²) >= 11 is 0. The number of benzene rings is 1. The van der Waals surface area contributed by atoms with Crippen LogP contribution in [0.3, 0.4) is 0 Å². The molecule has 4 atom stereocenters. The zero-order valence-corrected chi connectivity index (χ0v) is 6.66. The lowest BCUT2D eigenvalue weighted by Crippen LogP contribution is -2.32. The first-order chi connectivity index (χ1) is 5.95. The highest BCUT2D eigenvalue weighted by atomic mass is 16.5. The average molecular weight is 157 g/mol. The molecule has 4 rings (SSSR count). The smallest absolute Gasteiger partial charge is 0.124 e. The van der Waals surface area contributed by atoms with Crippen LogP contribution >= 0.6 is 0 Å². The van der Waals surface area contributed by atoms with Gasteiger partial charge in [0.25, 0.3) is 0 Å². The third-order valence-corrected chi connectivity index (χ3v) is 3.57. The standard InChI is InChI=1S/C11H9O/c1-2-4-9-6(3-1)10-7-5-8(7)11(10)12-9/h1-2,4,7-8,10-11H,5H2. The molecule has 1 aromatic carbocycles. The highest BCUT2D eigenvalue weighted by Crippen LogP contribution is 2.68. The Bertz CT molecular complexity index is 358. The van der Waals surface area contributed by atoms with E-state index in [1.54, 1.807) is 0 Å². The van der Waals surface area contributed by atoms with Crippen LogP contribution in [0.5, 0.6) is 5.75 Å². The van der Waals surface area contributed by atoms with E-state index in [-0.39, 0.29) is 0 Å². The SMILES string of the molecule is [c]1cccc2c1C1C3CC3C1O2. The van der Waals surface area contributed by atoms with Gasteiger partial charge in [-0.1, -0.05) is 12.1 Å². The second-order valence-corrected chi connectivity index (χ2v) is 4.12. The summed E-state index contributed by atoms with van der Waals surface area (Å²) < 4.78 is 5.83. The molecule has 3 aliphatic rings. The number of rotatable bonds is 0. The molecule has 0 amide bonds. The van der Waals surface area contributed by atoms with Crippen LogP contribution in [-0.2, 0) is 0 Å². The van der Waals surface area contributed by atoms with Gasteiger partial charge in [0.15, 0.2) is 0 Å². The van der Waals surface area contributed by atoms with E-state index in [2.05, 4.69) is 12.1 Å². The predicted molar refractivity (Wildman–Crippen MR) is 44.0 cm³/mol. The maximum atomic E-state index is 5.83. The molecule has 1 nitrogen and oxygen atoms in total. The van der Waals surface area contributed by atoms with Crippen LogP contribution in [0.15, 0.2) is 18.2 Å². The summed E-state index contributed by atoms with van der Waals surface area (Å²) in [6.45, 7) is 0. The molecule has 0 aromatic heterocycles. The molecule has 2 aliphatic carbocycles. The van der Waals surface area contributed by atoms with E-state index in [0.29, 0.717) is 12.0 Å². The average Bonchev–Trinajstić information content (AvgIpc) is 2.70. The van der Waals surface area contributed by atoms with Gasteiger partial charge < -0.3 is 4.74 Å². The van der Waals surface area contributed by atoms with Gasteiger partial charge in [0, 0.05) is 17.4 Å². The molecular formula is C11H9O. The Morgan fingerprint density at radius 3 is 3.42 bits per heavy atom. The highest BCUT2D eigenvalue weighted by molar-refractivity contribution is 5.46. The number of hydrogen-bond donors (Lipinski definition) is 0. The third-order valence-electron chi connectivity index (χ3n) is 3.57. The van der Waals surface area contributed by atoms with Crippen molar-refractivity contribution < 1.29 is 4.74 Å². The van der Waals surface area contributed by atoms with Gasteiger partial charge in [-0.25, -0.2) is 0 Å². The molecule has 2 saturated carbocycles. The Hall–Kier alpha value is -0.980. The summed E-state index contributed by atoms with van der Waals surface area (Å²) in [7, 11) is 0. The molecule has 2 fully saturated rings. The highest BCUT2D eigenvalue weighted by Gasteiger charge is 2.66. The van der Waals surface area contributed by atoms with Crippen molar-refractivity contribution in [3.05, 3.63) is 29.8 Å². The number of fused-ring (bicyclic) bond motifs is 6. The van der Waals surface area contributed by atoms with Crippen molar-refractivity contribution in [2.75, 3.05) is 0 Å². The van der Waals surface area contributed by atoms with Gasteiger partial charge in [-0.2, -0.15) is 0 Å². The molecule has 1 heterocycles. The summed E-state index contributed by atoms with van der Waals surface area (Å²) in [5.74, 6) is 3.66. The quantitative estimate of drug-likeness (QED) is 0.559. The third kappa shape index (κ3) is 0.447. The zero-order valence-electron chi connectivity index (χ0n) is 6.66. The molecule has 0 N–H and O–H groups in total. The molecule has 12 heavy (non-hydrogen) atoms. The van der Waals surface area contributed by atoms with Gasteiger partial charge in [-0.15, -0.1) is 0 Å². The summed E-state index contributed by atoms with van der Waals surface area (Å²) in [5, 5.41) is 0. The minimum absolute atomic E-state index is 0.531. The summed E-state index contributed by atoms with van der Waals surface area (Å²) in [6.07, 6.45) is 1.93. The van der Waals surface area contributed by atoms with Gasteiger partial charge in [-0.3, -0.25) is 0 Å². The fourth-order valence-corrected chi connectivity index (χ4v) is 2.87. The topological polar surface area (TPSA) is 9.23 Å². The van der Waals surface area contributed by atoms with Crippen LogP contribution in [0.4, 0.5) is 0 Å². The van der Waals surface area contributed by atoms with E-state index in [4.69, 9.17) is 4.74 Å². The van der Waals surface area contributed by atoms with Crippen LogP contribution in [-0.4, -0.2) is 6.10 Å². The molecule has 0 spiro atoms. The molecule has 0 saturated heterocycles. The van der Waals surface area contributed by atoms with E-state index in [1.807, 2.05) is 12.1 Å². The van der Waals surface area contributed by atoms with Gasteiger partial charge >= 0.3 is 0 Å². The van der Waals surface area contributed by atoms with Crippen LogP contribution in [0, 0.1) is 17.9 Å². The fourth-order valence-electron chi connectivity index (χ4n) is 2.87. The van der Waals surface area contributed by atoms with Crippen molar-refractivity contribution in [1.82, 2.24) is 0 Å². The molecule has 0 bridgehead atoms. The van der Waals surface area contributed by atoms with Crippen LogP contribution in [0.1, 0.15) is 17.9 Å². The number of hydrogen-bond acceptors (Lipinski definition) is 1. The van der Waals surface area contributed by atoms with E-state index in [0.717, 1.165) is 17.6 Å². The van der Waals surface area contributed by atoms with Gasteiger partial charge in [0.05, 0.1) is 0 Å². The zero-order chi connectivity index (χ0) is 7.71. The lowest BCUT2D eigenvalue weighted by atomic mass is 9.79. The first-order valence-corrected chi connectivity index (χ1v) is 4.62. The predicted octanol–water partition coefficient (Wildman–Crippen LogP) is 1.98. The summed E-state index contributed by atoms with van der Waals surface area (Å²) in [5.41, 5.74) is 1.35. The molecule has 1 aliphatic heterocycles. The molecule has 1 heteroatoms. The number of ether oxygens (including phenoxy) is 1. The van der Waals surface area contributed by atoms with Crippen LogP contribution in [0.25, 0.3) is 0 Å². The van der Waals surface area contributed by atoms with Gasteiger partial charge in [0.2, 0.25) is 0 Å². The Balaban J connectivity index is 1.91. The maximum absolute atomic E-state index is 5.83. The Morgan fingerprint density at radius 2 is 2.42 bits per heavy atom. The fraction of sp³-hybridized carbons (Fsp3) is 0.455. The monoisotopic (exact) mass is 157 g/mol. The Kier molecular flexibility index (Phi) is 0.722. The molecule has 4 unspecified atom stereocenters. The van der Waals surface area contributed by atoms with Crippen molar-refractivity contribution in [2.45, 2.75) is 18.4 Å². The maximum Gasteiger partial charge on any atom is 0.124 e. The minimum atomic E-state index is 0.531. The van der Waals surface area contributed by atoms with E-state index in [9.17, 15) is 0 Å². The van der Waals surface area contributed by atoms with Crippen molar-refractivity contribution >= 4 is 0 Å². The Morgan fingerprint density at radius 1 is 1.42 bits per heavy atom. The second kappa shape index (κ2) is 1.54. The van der Waals surface area contributed by atoms with Crippen molar-refractivity contribution in [2.24, 2.45) is 11.8 Å². The van der Waals surface area contributed by atoms with Crippen molar-refractivity contribution in [3.8, 4) is 5.75 Å². The largest absolute Gasteiger partial charge is 0.489 e. The van der Waals surface area contributed by atoms with E-state index in [1.165, 1.54) is 12.0 Å². The Labute approximate surface area is 71.4 Å². The molecule has 1 radical (unpaired) electrons.